The molecule has 1 unspecified atom stereocenters. The van der Waals surface area contributed by atoms with E-state index in [-0.39, 0.29) is 29.8 Å². The Bertz CT molecular complexity index is 501. The maximum absolute atomic E-state index is 12.9. The zero-order chi connectivity index (χ0) is 17.2. The Morgan fingerprint density at radius 3 is 2.48 bits per heavy atom. The number of hydrogen-bond donors (Lipinski definition) is 2. The minimum absolute atomic E-state index is 0. The number of nitrogens with zero attached hydrogens (tertiary/aromatic N) is 2. The molecule has 6 heteroatoms. The van der Waals surface area contributed by atoms with Crippen LogP contribution in [0.2, 0.25) is 0 Å². The summed E-state index contributed by atoms with van der Waals surface area (Å²) in [4.78, 5) is 6.84. The Morgan fingerprint density at radius 1 is 1.16 bits per heavy atom. The molecule has 2 rings (SSSR count). The van der Waals surface area contributed by atoms with E-state index < -0.39 is 0 Å². The second kappa shape index (κ2) is 12.5. The largest absolute Gasteiger partial charge is 0.356 e. The van der Waals surface area contributed by atoms with Crippen molar-refractivity contribution in [3.63, 3.8) is 0 Å². The number of rotatable bonds is 7. The standard InChI is InChI=1S/C19H31FN4.HI/c1-16(15-24-12-4-3-5-13-24)14-23-19(21-2)22-11-10-17-6-8-18(20)9-7-17;/h6-9,16H,3-5,10-15H2,1-2H3,(H2,21,22,23);1H. The third kappa shape index (κ3) is 8.85. The number of benzene rings is 1. The van der Waals surface area contributed by atoms with Crippen LogP contribution < -0.4 is 10.6 Å². The van der Waals surface area contributed by atoms with E-state index in [1.165, 1.54) is 44.5 Å². The van der Waals surface area contributed by atoms with Crippen molar-refractivity contribution in [3.05, 3.63) is 35.6 Å². The monoisotopic (exact) mass is 462 g/mol. The molecule has 1 aliphatic rings. The fourth-order valence-electron chi connectivity index (χ4n) is 3.12. The minimum Gasteiger partial charge on any atom is -0.356 e. The summed E-state index contributed by atoms with van der Waals surface area (Å²) in [5.41, 5.74) is 1.12. The van der Waals surface area contributed by atoms with Crippen LogP contribution in [0.25, 0.3) is 0 Å². The lowest BCUT2D eigenvalue weighted by atomic mass is 10.1. The maximum atomic E-state index is 12.9. The van der Waals surface area contributed by atoms with E-state index in [1.54, 1.807) is 7.05 Å². The van der Waals surface area contributed by atoms with E-state index in [9.17, 15) is 4.39 Å². The molecule has 1 aliphatic heterocycles. The van der Waals surface area contributed by atoms with Crippen molar-refractivity contribution in [2.45, 2.75) is 32.6 Å². The van der Waals surface area contributed by atoms with Crippen molar-refractivity contribution in [2.24, 2.45) is 10.9 Å². The number of piperidine rings is 1. The summed E-state index contributed by atoms with van der Waals surface area (Å²) in [6.07, 6.45) is 4.91. The molecule has 0 radical (unpaired) electrons. The summed E-state index contributed by atoms with van der Waals surface area (Å²) in [5, 5.41) is 6.73. The molecule has 1 aromatic carbocycles. The molecule has 142 valence electrons. The summed E-state index contributed by atoms with van der Waals surface area (Å²) < 4.78 is 12.9. The Kier molecular flexibility index (Phi) is 11.0. The van der Waals surface area contributed by atoms with Gasteiger partial charge in [-0.05, 0) is 56.0 Å². The molecule has 25 heavy (non-hydrogen) atoms. The van der Waals surface area contributed by atoms with E-state index >= 15 is 0 Å². The van der Waals surface area contributed by atoms with Gasteiger partial charge >= 0.3 is 0 Å². The summed E-state index contributed by atoms with van der Waals surface area (Å²) in [5.74, 6) is 1.24. The Labute approximate surface area is 168 Å². The molecule has 0 amide bonds. The molecule has 2 N–H and O–H groups in total. The third-order valence-corrected chi connectivity index (χ3v) is 4.48. The number of likely N-dealkylation sites (tertiary alicyclic amines) is 1. The van der Waals surface area contributed by atoms with Gasteiger partial charge in [0.2, 0.25) is 0 Å². The number of nitrogens with one attached hydrogen (secondary N) is 2. The number of halogens is 2. The first-order chi connectivity index (χ1) is 11.7. The predicted molar refractivity (Wildman–Crippen MR) is 114 cm³/mol. The molecule has 0 saturated carbocycles. The minimum atomic E-state index is -0.188. The second-order valence-electron chi connectivity index (χ2n) is 6.72. The first-order valence-corrected chi connectivity index (χ1v) is 9.08. The molecular weight excluding hydrogens is 430 g/mol. The lowest BCUT2D eigenvalue weighted by Gasteiger charge is -2.29. The average Bonchev–Trinajstić information content (AvgIpc) is 2.60. The maximum Gasteiger partial charge on any atom is 0.190 e. The van der Waals surface area contributed by atoms with Gasteiger partial charge < -0.3 is 15.5 Å². The van der Waals surface area contributed by atoms with E-state index in [4.69, 9.17) is 0 Å². The topological polar surface area (TPSA) is 39.7 Å². The SMILES string of the molecule is CN=C(NCCc1ccc(F)cc1)NCC(C)CN1CCCCC1.I. The van der Waals surface area contributed by atoms with Crippen molar-refractivity contribution < 1.29 is 4.39 Å². The summed E-state index contributed by atoms with van der Waals surface area (Å²) >= 11 is 0. The fourth-order valence-corrected chi connectivity index (χ4v) is 3.12. The van der Waals surface area contributed by atoms with Gasteiger partial charge in [-0.1, -0.05) is 25.5 Å². The van der Waals surface area contributed by atoms with Gasteiger partial charge in [-0.15, -0.1) is 24.0 Å². The molecule has 0 bridgehead atoms. The zero-order valence-electron chi connectivity index (χ0n) is 15.4. The fraction of sp³-hybridized carbons (Fsp3) is 0.632. The van der Waals surface area contributed by atoms with Crippen molar-refractivity contribution in [1.82, 2.24) is 15.5 Å². The Morgan fingerprint density at radius 2 is 1.84 bits per heavy atom. The average molecular weight is 462 g/mol. The normalized spacial score (nSPS) is 16.8. The summed E-state index contributed by atoms with van der Waals surface area (Å²) in [6.45, 7) is 7.63. The highest BCUT2D eigenvalue weighted by Crippen LogP contribution is 2.10. The van der Waals surface area contributed by atoms with Gasteiger partial charge in [-0.2, -0.15) is 0 Å². The summed E-state index contributed by atoms with van der Waals surface area (Å²) in [6, 6.07) is 6.66. The number of guanidine groups is 1. The van der Waals surface area contributed by atoms with Gasteiger partial charge in [0.15, 0.2) is 5.96 Å². The van der Waals surface area contributed by atoms with E-state index in [1.807, 2.05) is 12.1 Å². The molecule has 1 heterocycles. The molecular formula is C19H32FIN4. The van der Waals surface area contributed by atoms with Gasteiger partial charge in [0, 0.05) is 26.7 Å². The zero-order valence-corrected chi connectivity index (χ0v) is 17.8. The van der Waals surface area contributed by atoms with Crippen LogP contribution in [-0.4, -0.2) is 50.6 Å². The van der Waals surface area contributed by atoms with Crippen LogP contribution in [0.3, 0.4) is 0 Å². The van der Waals surface area contributed by atoms with Gasteiger partial charge in [-0.3, -0.25) is 4.99 Å². The molecule has 0 aliphatic carbocycles. The highest BCUT2D eigenvalue weighted by atomic mass is 127. The highest BCUT2D eigenvalue weighted by molar-refractivity contribution is 14.0. The molecule has 1 aromatic rings. The number of hydrogen-bond acceptors (Lipinski definition) is 2. The number of aliphatic imine (C=N–C) groups is 1. The highest BCUT2D eigenvalue weighted by Gasteiger charge is 2.13. The molecule has 0 aromatic heterocycles. The molecule has 0 spiro atoms. The lowest BCUT2D eigenvalue weighted by molar-refractivity contribution is 0.201. The lowest BCUT2D eigenvalue weighted by Crippen LogP contribution is -2.42. The van der Waals surface area contributed by atoms with Crippen LogP contribution in [-0.2, 0) is 6.42 Å². The van der Waals surface area contributed by atoms with Crippen molar-refractivity contribution in [1.29, 1.82) is 0 Å². The van der Waals surface area contributed by atoms with Gasteiger partial charge in [0.1, 0.15) is 5.82 Å². The van der Waals surface area contributed by atoms with Crippen molar-refractivity contribution >= 4 is 29.9 Å². The van der Waals surface area contributed by atoms with E-state index in [0.717, 1.165) is 37.6 Å². The predicted octanol–water partition coefficient (Wildman–Crippen LogP) is 3.27. The van der Waals surface area contributed by atoms with E-state index in [0.29, 0.717) is 5.92 Å². The molecule has 1 atom stereocenters. The third-order valence-electron chi connectivity index (χ3n) is 4.48. The van der Waals surface area contributed by atoms with Crippen molar-refractivity contribution in [3.8, 4) is 0 Å². The van der Waals surface area contributed by atoms with Crippen molar-refractivity contribution in [2.75, 3.05) is 39.8 Å². The van der Waals surface area contributed by atoms with Crippen LogP contribution in [0.5, 0.6) is 0 Å². The summed E-state index contributed by atoms with van der Waals surface area (Å²) in [7, 11) is 1.79. The van der Waals surface area contributed by atoms with Crippen LogP contribution >= 0.6 is 24.0 Å². The Hall–Kier alpha value is -0.890. The second-order valence-corrected chi connectivity index (χ2v) is 6.72. The molecule has 1 fully saturated rings. The smallest absolute Gasteiger partial charge is 0.190 e. The van der Waals surface area contributed by atoms with Gasteiger partial charge in [0.05, 0.1) is 0 Å². The Balaban J connectivity index is 0.00000312. The quantitative estimate of drug-likeness (QED) is 0.371. The van der Waals surface area contributed by atoms with Gasteiger partial charge in [0.25, 0.3) is 0 Å². The first-order valence-electron chi connectivity index (χ1n) is 9.08. The first kappa shape index (κ1) is 22.2. The van der Waals surface area contributed by atoms with Gasteiger partial charge in [-0.25, -0.2) is 4.39 Å². The van der Waals surface area contributed by atoms with Crippen LogP contribution in [0, 0.1) is 11.7 Å². The van der Waals surface area contributed by atoms with E-state index in [2.05, 4.69) is 27.4 Å². The van der Waals surface area contributed by atoms with Crippen LogP contribution in [0.4, 0.5) is 4.39 Å². The van der Waals surface area contributed by atoms with Crippen LogP contribution in [0.15, 0.2) is 29.3 Å². The molecule has 4 nitrogen and oxygen atoms in total. The molecule has 1 saturated heterocycles. The van der Waals surface area contributed by atoms with Crippen LogP contribution in [0.1, 0.15) is 31.7 Å².